The molecule has 2 saturated heterocycles. The lowest BCUT2D eigenvalue weighted by Gasteiger charge is -2.41. The Morgan fingerprint density at radius 2 is 1.68 bits per heavy atom. The molecule has 4 aliphatic heterocycles. The van der Waals surface area contributed by atoms with E-state index in [1.54, 1.807) is 16.7 Å². The standard InChI is InChI=1S/C32H43N3O4S/c1-5-7-17-33-18-12-16-32-26(29(38)35(27(32)30(33)39)24(21-36)22(3)6-2)25-28(37)34(19-11-15-31(25,4)40-32)20-23-13-9-8-10-14-23/h8-16,22,24-27,36H,5-7,17-21H2,1-4H3/t22-,24-,25-,26-,27?,31+,32-/m0/s1. The lowest BCUT2D eigenvalue weighted by Crippen LogP contribution is -2.58. The van der Waals surface area contributed by atoms with Gasteiger partial charge in [-0.1, -0.05) is 88.2 Å². The molecule has 1 aromatic carbocycles. The second-order valence-electron chi connectivity index (χ2n) is 12.0. The summed E-state index contributed by atoms with van der Waals surface area (Å²) in [6.45, 7) is 10.1. The van der Waals surface area contributed by atoms with Gasteiger partial charge >= 0.3 is 0 Å². The fourth-order valence-corrected chi connectivity index (χ4v) is 9.37. The van der Waals surface area contributed by atoms with Gasteiger partial charge in [0.15, 0.2) is 0 Å². The molecule has 8 heteroatoms. The van der Waals surface area contributed by atoms with Crippen molar-refractivity contribution in [1.82, 2.24) is 14.7 Å². The maximum absolute atomic E-state index is 14.7. The van der Waals surface area contributed by atoms with Gasteiger partial charge < -0.3 is 19.8 Å². The number of likely N-dealkylation sites (tertiary alicyclic amines) is 1. The summed E-state index contributed by atoms with van der Waals surface area (Å²) in [5.41, 5.74) is 1.04. The van der Waals surface area contributed by atoms with Crippen LogP contribution in [0.15, 0.2) is 54.6 Å². The number of thioether (sulfide) groups is 1. The molecule has 4 heterocycles. The number of fused-ring (bicyclic) bond motifs is 2. The molecular formula is C32H43N3O4S. The second-order valence-corrected chi connectivity index (χ2v) is 13.8. The smallest absolute Gasteiger partial charge is 0.247 e. The number of aliphatic hydroxyl groups is 1. The minimum Gasteiger partial charge on any atom is -0.394 e. The largest absolute Gasteiger partial charge is 0.394 e. The van der Waals surface area contributed by atoms with Crippen molar-refractivity contribution < 1.29 is 19.5 Å². The summed E-state index contributed by atoms with van der Waals surface area (Å²) < 4.78 is -1.52. The predicted molar refractivity (Wildman–Crippen MR) is 158 cm³/mol. The topological polar surface area (TPSA) is 81.2 Å². The normalized spacial score (nSPS) is 33.0. The predicted octanol–water partition coefficient (Wildman–Crippen LogP) is 3.88. The van der Waals surface area contributed by atoms with Gasteiger partial charge in [-0.15, -0.1) is 11.8 Å². The van der Waals surface area contributed by atoms with Crippen LogP contribution >= 0.6 is 11.8 Å². The maximum Gasteiger partial charge on any atom is 0.247 e. The number of rotatable bonds is 9. The molecule has 40 heavy (non-hydrogen) atoms. The highest BCUT2D eigenvalue weighted by Gasteiger charge is 2.74. The first-order chi connectivity index (χ1) is 19.2. The van der Waals surface area contributed by atoms with Gasteiger partial charge in [-0.25, -0.2) is 0 Å². The average Bonchev–Trinajstić information content (AvgIpc) is 3.23. The van der Waals surface area contributed by atoms with E-state index < -0.39 is 33.4 Å². The van der Waals surface area contributed by atoms with Crippen molar-refractivity contribution in [2.24, 2.45) is 17.8 Å². The van der Waals surface area contributed by atoms with Crippen LogP contribution in [-0.4, -0.2) is 85.3 Å². The number of benzene rings is 1. The molecule has 7 atom stereocenters. The van der Waals surface area contributed by atoms with Crippen LogP contribution in [0.5, 0.6) is 0 Å². The van der Waals surface area contributed by atoms with E-state index in [-0.39, 0.29) is 30.2 Å². The van der Waals surface area contributed by atoms with Crippen LogP contribution in [0, 0.1) is 17.8 Å². The van der Waals surface area contributed by atoms with Gasteiger partial charge in [-0.3, -0.25) is 14.4 Å². The van der Waals surface area contributed by atoms with Gasteiger partial charge in [0.05, 0.1) is 29.2 Å². The van der Waals surface area contributed by atoms with Gasteiger partial charge in [0.1, 0.15) is 6.04 Å². The fourth-order valence-electron chi connectivity index (χ4n) is 7.23. The van der Waals surface area contributed by atoms with Crippen molar-refractivity contribution in [2.45, 2.75) is 75.1 Å². The lowest BCUT2D eigenvalue weighted by molar-refractivity contribution is -0.148. The molecule has 3 amide bonds. The van der Waals surface area contributed by atoms with Crippen LogP contribution in [0.25, 0.3) is 0 Å². The fraction of sp³-hybridized carbons (Fsp3) is 0.594. The van der Waals surface area contributed by atoms with E-state index in [0.29, 0.717) is 26.2 Å². The first-order valence-corrected chi connectivity index (χ1v) is 15.6. The minimum absolute atomic E-state index is 0.00430. The van der Waals surface area contributed by atoms with Gasteiger partial charge in [-0.05, 0) is 24.8 Å². The molecule has 7 nitrogen and oxygen atoms in total. The monoisotopic (exact) mass is 565 g/mol. The van der Waals surface area contributed by atoms with Gasteiger partial charge in [-0.2, -0.15) is 0 Å². The molecule has 1 N–H and O–H groups in total. The summed E-state index contributed by atoms with van der Waals surface area (Å²) in [6.07, 6.45) is 10.9. The highest BCUT2D eigenvalue weighted by atomic mass is 32.2. The van der Waals surface area contributed by atoms with Crippen molar-refractivity contribution in [3.8, 4) is 0 Å². The zero-order valence-electron chi connectivity index (χ0n) is 24.2. The van der Waals surface area contributed by atoms with Crippen molar-refractivity contribution >= 4 is 29.5 Å². The molecule has 0 aromatic heterocycles. The summed E-state index contributed by atoms with van der Waals surface area (Å²) in [7, 11) is 0. The summed E-state index contributed by atoms with van der Waals surface area (Å²) in [4.78, 5) is 48.9. The second kappa shape index (κ2) is 11.4. The Hall–Kier alpha value is -2.58. The lowest BCUT2D eigenvalue weighted by atomic mass is 9.74. The van der Waals surface area contributed by atoms with Crippen LogP contribution in [0.3, 0.4) is 0 Å². The Labute approximate surface area is 242 Å². The van der Waals surface area contributed by atoms with E-state index in [1.807, 2.05) is 66.1 Å². The number of hydrogen-bond acceptors (Lipinski definition) is 5. The van der Waals surface area contributed by atoms with Crippen LogP contribution in [0.4, 0.5) is 0 Å². The molecule has 0 radical (unpaired) electrons. The average molecular weight is 566 g/mol. The van der Waals surface area contributed by atoms with Crippen LogP contribution in [0.1, 0.15) is 52.5 Å². The molecule has 0 bridgehead atoms. The van der Waals surface area contributed by atoms with Gasteiger partial charge in [0, 0.05) is 30.9 Å². The third kappa shape index (κ3) is 4.61. The maximum atomic E-state index is 14.7. The number of amides is 3. The number of carbonyl (C=O) groups is 3. The van der Waals surface area contributed by atoms with Crippen molar-refractivity contribution in [2.75, 3.05) is 26.2 Å². The van der Waals surface area contributed by atoms with Crippen molar-refractivity contribution in [1.29, 1.82) is 0 Å². The SMILES string of the molecule is CCCCN1CC=C[C@]23S[C@]4(C)C=CCN(Cc5ccccc5)C(=O)[C@@H]4[C@H]2C(=O)N([C@@H](CO)[C@@H](C)CC)C3C1=O. The number of hydrogen-bond donors (Lipinski definition) is 1. The molecule has 216 valence electrons. The molecule has 4 aliphatic rings. The molecule has 0 aliphatic carbocycles. The number of carbonyl (C=O) groups excluding carboxylic acids is 3. The summed E-state index contributed by atoms with van der Waals surface area (Å²) in [5, 5.41) is 10.6. The Bertz CT molecular complexity index is 1190. The molecule has 5 rings (SSSR count). The van der Waals surface area contributed by atoms with Crippen LogP contribution < -0.4 is 0 Å². The highest BCUT2D eigenvalue weighted by molar-refractivity contribution is 8.02. The van der Waals surface area contributed by atoms with E-state index in [9.17, 15) is 19.5 Å². The molecule has 2 fully saturated rings. The summed E-state index contributed by atoms with van der Waals surface area (Å²) in [5.74, 6) is -1.59. The Balaban J connectivity index is 1.61. The van der Waals surface area contributed by atoms with Crippen molar-refractivity contribution in [3.05, 3.63) is 60.2 Å². The summed E-state index contributed by atoms with van der Waals surface area (Å²) in [6, 6.07) is 8.68. The van der Waals surface area contributed by atoms with E-state index in [0.717, 1.165) is 24.8 Å². The zero-order valence-corrected chi connectivity index (χ0v) is 25.0. The molecule has 1 spiro atoms. The number of unbranched alkanes of at least 4 members (excludes halogenated alkanes) is 1. The van der Waals surface area contributed by atoms with Crippen LogP contribution in [0.2, 0.25) is 0 Å². The zero-order chi connectivity index (χ0) is 28.7. The Morgan fingerprint density at radius 3 is 2.35 bits per heavy atom. The van der Waals surface area contributed by atoms with E-state index in [2.05, 4.69) is 26.0 Å². The number of nitrogens with zero attached hydrogens (tertiary/aromatic N) is 3. The number of aliphatic hydroxyl groups excluding tert-OH is 1. The molecule has 1 unspecified atom stereocenters. The van der Waals surface area contributed by atoms with Gasteiger partial charge in [0.2, 0.25) is 17.7 Å². The van der Waals surface area contributed by atoms with E-state index in [4.69, 9.17) is 0 Å². The van der Waals surface area contributed by atoms with E-state index in [1.165, 1.54) is 0 Å². The third-order valence-electron chi connectivity index (χ3n) is 9.50. The molecular weight excluding hydrogens is 522 g/mol. The van der Waals surface area contributed by atoms with Crippen molar-refractivity contribution in [3.63, 3.8) is 0 Å². The molecule has 0 saturated carbocycles. The Kier molecular flexibility index (Phi) is 8.22. The highest BCUT2D eigenvalue weighted by Crippen LogP contribution is 2.66. The van der Waals surface area contributed by atoms with Gasteiger partial charge in [0.25, 0.3) is 0 Å². The van der Waals surface area contributed by atoms with E-state index >= 15 is 0 Å². The molecule has 1 aromatic rings. The Morgan fingerprint density at radius 1 is 0.975 bits per heavy atom. The quantitative estimate of drug-likeness (QED) is 0.460. The first kappa shape index (κ1) is 28.9. The minimum atomic E-state index is -0.884. The first-order valence-electron chi connectivity index (χ1n) is 14.8. The van der Waals surface area contributed by atoms with Crippen LogP contribution in [-0.2, 0) is 20.9 Å². The third-order valence-corrected chi connectivity index (χ3v) is 11.3. The summed E-state index contributed by atoms with van der Waals surface area (Å²) >= 11 is 1.61.